The van der Waals surface area contributed by atoms with Crippen LogP contribution in [0.4, 0.5) is 0 Å². The van der Waals surface area contributed by atoms with Gasteiger partial charge < -0.3 is 14.5 Å². The molecule has 3 aromatic rings. The molecule has 0 aliphatic carbocycles. The lowest BCUT2D eigenvalue weighted by molar-refractivity contribution is 0.0919. The molecule has 5 nitrogen and oxygen atoms in total. The molecule has 0 bridgehead atoms. The molecule has 3 heterocycles. The Morgan fingerprint density at radius 3 is 3.14 bits per heavy atom. The number of aryl methyl sites for hydroxylation is 1. The first-order valence-electron chi connectivity index (χ1n) is 7.60. The third-order valence-electron chi connectivity index (χ3n) is 4.33. The maximum Gasteiger partial charge on any atom is 0.133 e. The Morgan fingerprint density at radius 2 is 2.27 bits per heavy atom. The Hall–Kier alpha value is -2.11. The molecule has 5 heteroatoms. The SMILES string of the molecule is Cn1nccc1[C@H]1OCC[C@@H]1NCc1ccc2occc2c1. The fourth-order valence-corrected chi connectivity index (χ4v) is 3.13. The lowest BCUT2D eigenvalue weighted by Gasteiger charge is -2.20. The normalized spacial score (nSPS) is 21.7. The van der Waals surface area contributed by atoms with Crippen LogP contribution in [0.2, 0.25) is 0 Å². The predicted octanol–water partition coefficient (Wildman–Crippen LogP) is 2.79. The first-order chi connectivity index (χ1) is 10.8. The summed E-state index contributed by atoms with van der Waals surface area (Å²) in [6, 6.07) is 10.6. The largest absolute Gasteiger partial charge is 0.464 e. The van der Waals surface area contributed by atoms with E-state index in [0.29, 0.717) is 6.04 Å². The molecule has 22 heavy (non-hydrogen) atoms. The molecule has 0 amide bonds. The molecule has 1 saturated heterocycles. The van der Waals surface area contributed by atoms with Gasteiger partial charge >= 0.3 is 0 Å². The zero-order chi connectivity index (χ0) is 14.9. The molecule has 1 fully saturated rings. The highest BCUT2D eigenvalue weighted by Gasteiger charge is 2.31. The summed E-state index contributed by atoms with van der Waals surface area (Å²) < 4.78 is 13.2. The van der Waals surface area contributed by atoms with Gasteiger partial charge in [0.05, 0.1) is 12.0 Å². The number of aromatic nitrogens is 2. The summed E-state index contributed by atoms with van der Waals surface area (Å²) in [5.41, 5.74) is 3.31. The van der Waals surface area contributed by atoms with E-state index in [-0.39, 0.29) is 6.10 Å². The minimum atomic E-state index is 0.0742. The number of furan rings is 1. The Balaban J connectivity index is 1.47. The standard InChI is InChI=1S/C17H19N3O2/c1-20-15(4-7-19-20)17-14(6-9-22-17)18-11-12-2-3-16-13(10-12)5-8-21-16/h2-5,7-8,10,14,17-18H,6,9,11H2,1H3/t14-,17-/m0/s1. The minimum Gasteiger partial charge on any atom is -0.464 e. The van der Waals surface area contributed by atoms with Gasteiger partial charge in [0.25, 0.3) is 0 Å². The number of benzene rings is 1. The maximum absolute atomic E-state index is 5.90. The van der Waals surface area contributed by atoms with Crippen LogP contribution in [0.15, 0.2) is 47.2 Å². The highest BCUT2D eigenvalue weighted by atomic mass is 16.5. The number of ether oxygens (including phenoxy) is 1. The molecular formula is C17H19N3O2. The Bertz CT molecular complexity index is 777. The molecule has 114 valence electrons. The third kappa shape index (κ3) is 2.42. The van der Waals surface area contributed by atoms with Crippen molar-refractivity contribution < 1.29 is 9.15 Å². The van der Waals surface area contributed by atoms with E-state index in [0.717, 1.165) is 36.2 Å². The molecule has 2 atom stereocenters. The van der Waals surface area contributed by atoms with Crippen molar-refractivity contribution in [3.05, 3.63) is 54.0 Å². The fourth-order valence-electron chi connectivity index (χ4n) is 3.13. The lowest BCUT2D eigenvalue weighted by atomic mass is 10.1. The molecular weight excluding hydrogens is 278 g/mol. The van der Waals surface area contributed by atoms with Gasteiger partial charge in [0.2, 0.25) is 0 Å². The van der Waals surface area contributed by atoms with Crippen LogP contribution in [-0.2, 0) is 18.3 Å². The Kier molecular flexibility index (Phi) is 3.44. The average Bonchev–Trinajstić information content (AvgIpc) is 3.24. The van der Waals surface area contributed by atoms with Gasteiger partial charge in [0.15, 0.2) is 0 Å². The second-order valence-electron chi connectivity index (χ2n) is 5.74. The van der Waals surface area contributed by atoms with E-state index in [1.807, 2.05) is 36.1 Å². The summed E-state index contributed by atoms with van der Waals surface area (Å²) >= 11 is 0. The second kappa shape index (κ2) is 5.59. The zero-order valence-corrected chi connectivity index (χ0v) is 12.5. The summed E-state index contributed by atoms with van der Waals surface area (Å²) in [7, 11) is 1.96. The van der Waals surface area contributed by atoms with E-state index < -0.39 is 0 Å². The number of hydrogen-bond acceptors (Lipinski definition) is 4. The van der Waals surface area contributed by atoms with Crippen LogP contribution >= 0.6 is 0 Å². The number of nitrogens with zero attached hydrogens (tertiary/aromatic N) is 2. The van der Waals surface area contributed by atoms with Gasteiger partial charge in [0.1, 0.15) is 11.7 Å². The number of nitrogens with one attached hydrogen (secondary N) is 1. The summed E-state index contributed by atoms with van der Waals surface area (Å²) in [4.78, 5) is 0. The first-order valence-corrected chi connectivity index (χ1v) is 7.60. The molecule has 1 aliphatic heterocycles. The molecule has 0 spiro atoms. The number of hydrogen-bond donors (Lipinski definition) is 1. The molecule has 4 rings (SSSR count). The van der Waals surface area contributed by atoms with Crippen molar-refractivity contribution in [2.24, 2.45) is 7.05 Å². The topological polar surface area (TPSA) is 52.2 Å². The predicted molar refractivity (Wildman–Crippen MR) is 83.4 cm³/mol. The van der Waals surface area contributed by atoms with E-state index in [9.17, 15) is 0 Å². The molecule has 1 aromatic carbocycles. The molecule has 1 N–H and O–H groups in total. The highest BCUT2D eigenvalue weighted by molar-refractivity contribution is 5.77. The van der Waals surface area contributed by atoms with Crippen LogP contribution in [-0.4, -0.2) is 22.4 Å². The average molecular weight is 297 g/mol. The van der Waals surface area contributed by atoms with Crippen molar-refractivity contribution in [3.8, 4) is 0 Å². The van der Waals surface area contributed by atoms with Crippen molar-refractivity contribution in [1.29, 1.82) is 0 Å². The van der Waals surface area contributed by atoms with Crippen molar-refractivity contribution >= 4 is 11.0 Å². The summed E-state index contributed by atoms with van der Waals surface area (Å²) in [5.74, 6) is 0. The second-order valence-corrected chi connectivity index (χ2v) is 5.74. The van der Waals surface area contributed by atoms with Crippen molar-refractivity contribution in [2.45, 2.75) is 25.1 Å². The van der Waals surface area contributed by atoms with Gasteiger partial charge in [0, 0.05) is 37.8 Å². The van der Waals surface area contributed by atoms with Gasteiger partial charge in [-0.1, -0.05) is 6.07 Å². The van der Waals surface area contributed by atoms with E-state index in [1.165, 1.54) is 5.56 Å². The molecule has 1 aliphatic rings. The Labute approximate surface area is 128 Å². The smallest absolute Gasteiger partial charge is 0.133 e. The van der Waals surface area contributed by atoms with E-state index in [4.69, 9.17) is 9.15 Å². The van der Waals surface area contributed by atoms with Crippen LogP contribution < -0.4 is 5.32 Å². The van der Waals surface area contributed by atoms with Crippen molar-refractivity contribution in [2.75, 3.05) is 6.61 Å². The number of rotatable bonds is 4. The van der Waals surface area contributed by atoms with Gasteiger partial charge in [-0.05, 0) is 36.2 Å². The lowest BCUT2D eigenvalue weighted by Crippen LogP contribution is -2.32. The summed E-state index contributed by atoms with van der Waals surface area (Å²) in [5, 5.41) is 9.01. The van der Waals surface area contributed by atoms with Gasteiger partial charge in [-0.25, -0.2) is 0 Å². The monoisotopic (exact) mass is 297 g/mol. The third-order valence-corrected chi connectivity index (χ3v) is 4.33. The maximum atomic E-state index is 5.90. The van der Waals surface area contributed by atoms with Gasteiger partial charge in [-0.2, -0.15) is 5.10 Å². The van der Waals surface area contributed by atoms with Crippen LogP contribution in [0.3, 0.4) is 0 Å². The van der Waals surface area contributed by atoms with Crippen LogP contribution in [0, 0.1) is 0 Å². The minimum absolute atomic E-state index is 0.0742. The molecule has 0 unspecified atom stereocenters. The number of fused-ring (bicyclic) bond motifs is 1. The van der Waals surface area contributed by atoms with E-state index >= 15 is 0 Å². The van der Waals surface area contributed by atoms with E-state index in [1.54, 1.807) is 6.26 Å². The summed E-state index contributed by atoms with van der Waals surface area (Å²) in [6.07, 6.45) is 4.64. The van der Waals surface area contributed by atoms with E-state index in [2.05, 4.69) is 22.5 Å². The van der Waals surface area contributed by atoms with Crippen molar-refractivity contribution in [3.63, 3.8) is 0 Å². The molecule has 2 aromatic heterocycles. The van der Waals surface area contributed by atoms with Crippen LogP contribution in [0.1, 0.15) is 23.8 Å². The molecule has 0 radical (unpaired) electrons. The zero-order valence-electron chi connectivity index (χ0n) is 12.5. The fraction of sp³-hybridized carbons (Fsp3) is 0.353. The van der Waals surface area contributed by atoms with Gasteiger partial charge in [-0.3, -0.25) is 4.68 Å². The Morgan fingerprint density at radius 1 is 1.32 bits per heavy atom. The first kappa shape index (κ1) is 13.5. The van der Waals surface area contributed by atoms with Crippen molar-refractivity contribution in [1.82, 2.24) is 15.1 Å². The summed E-state index contributed by atoms with van der Waals surface area (Å²) in [6.45, 7) is 1.61. The quantitative estimate of drug-likeness (QED) is 0.804. The molecule has 0 saturated carbocycles. The highest BCUT2D eigenvalue weighted by Crippen LogP contribution is 2.29. The van der Waals surface area contributed by atoms with Gasteiger partial charge in [-0.15, -0.1) is 0 Å². The van der Waals surface area contributed by atoms with Crippen LogP contribution in [0.25, 0.3) is 11.0 Å². The van der Waals surface area contributed by atoms with Crippen LogP contribution in [0.5, 0.6) is 0 Å².